The fourth-order valence-electron chi connectivity index (χ4n) is 0.763. The quantitative estimate of drug-likeness (QED) is 0.490. The van der Waals surface area contributed by atoms with E-state index in [0.717, 1.165) is 6.26 Å². The van der Waals surface area contributed by atoms with Crippen LogP contribution < -0.4 is 5.72 Å². The minimum atomic E-state index is -3.40. The van der Waals surface area contributed by atoms with Gasteiger partial charge in [0.05, 0.1) is 18.6 Å². The molecule has 14 heavy (non-hydrogen) atoms. The summed E-state index contributed by atoms with van der Waals surface area (Å²) in [4.78, 5) is 7.91. The average molecular weight is 213 g/mol. The molecule has 5 nitrogen and oxygen atoms in total. The van der Waals surface area contributed by atoms with E-state index in [0.29, 0.717) is 11.3 Å². The van der Waals surface area contributed by atoms with Gasteiger partial charge in [-0.25, -0.2) is 0 Å². The van der Waals surface area contributed by atoms with E-state index in [4.69, 9.17) is 0 Å². The molecule has 0 spiro atoms. The number of nitrogens with zero attached hydrogens (tertiary/aromatic N) is 2. The van der Waals surface area contributed by atoms with E-state index in [2.05, 4.69) is 14.2 Å². The van der Waals surface area contributed by atoms with Crippen molar-refractivity contribution in [2.24, 2.45) is 0 Å². The Hall–Kier alpha value is -0.945. The molecule has 0 fully saturated rings. The van der Waals surface area contributed by atoms with E-state index < -0.39 is 10.1 Å². The molecule has 1 radical (unpaired) electrons. The highest BCUT2D eigenvalue weighted by atomic mass is 32.2. The standard InChI is InChI=1S/C7H10BN2O3S/c1-8-7-9-3-6(4-10-7)5-13-14(2,11)12/h3-4H,5H2,1-2H3. The molecule has 0 aliphatic rings. The predicted octanol–water partition coefficient (Wildman–Crippen LogP) is -0.670. The summed E-state index contributed by atoms with van der Waals surface area (Å²) < 4.78 is 25.9. The van der Waals surface area contributed by atoms with Crippen molar-refractivity contribution in [2.45, 2.75) is 13.4 Å². The van der Waals surface area contributed by atoms with Crippen LogP contribution in [0.25, 0.3) is 0 Å². The van der Waals surface area contributed by atoms with Gasteiger partial charge in [0.1, 0.15) is 0 Å². The zero-order chi connectivity index (χ0) is 10.6. The van der Waals surface area contributed by atoms with Crippen molar-refractivity contribution in [2.75, 3.05) is 6.26 Å². The second-order valence-electron chi connectivity index (χ2n) is 2.70. The van der Waals surface area contributed by atoms with E-state index in [-0.39, 0.29) is 6.61 Å². The number of hydrogen-bond acceptors (Lipinski definition) is 5. The van der Waals surface area contributed by atoms with Gasteiger partial charge in [-0.1, -0.05) is 6.82 Å². The number of hydrogen-bond donors (Lipinski definition) is 0. The Balaban J connectivity index is 2.61. The van der Waals surface area contributed by atoms with Gasteiger partial charge < -0.3 is 0 Å². The Morgan fingerprint density at radius 1 is 1.43 bits per heavy atom. The summed E-state index contributed by atoms with van der Waals surface area (Å²) >= 11 is 0. The van der Waals surface area contributed by atoms with Crippen LogP contribution in [0.2, 0.25) is 6.82 Å². The van der Waals surface area contributed by atoms with Gasteiger partial charge >= 0.3 is 0 Å². The van der Waals surface area contributed by atoms with Gasteiger partial charge in [-0.2, -0.15) is 8.42 Å². The molecule has 0 saturated carbocycles. The van der Waals surface area contributed by atoms with Crippen molar-refractivity contribution < 1.29 is 12.6 Å². The van der Waals surface area contributed by atoms with Crippen LogP contribution in [0.3, 0.4) is 0 Å². The van der Waals surface area contributed by atoms with E-state index in [1.807, 2.05) is 6.82 Å². The van der Waals surface area contributed by atoms with Crippen LogP contribution in [0.15, 0.2) is 12.4 Å². The van der Waals surface area contributed by atoms with Gasteiger partial charge in [0.2, 0.25) is 7.28 Å². The van der Waals surface area contributed by atoms with Crippen LogP contribution >= 0.6 is 0 Å². The molecule has 1 heterocycles. The van der Waals surface area contributed by atoms with E-state index >= 15 is 0 Å². The van der Waals surface area contributed by atoms with Crippen molar-refractivity contribution in [1.29, 1.82) is 0 Å². The van der Waals surface area contributed by atoms with Gasteiger partial charge in [0, 0.05) is 18.0 Å². The lowest BCUT2D eigenvalue weighted by Gasteiger charge is -2.01. The van der Waals surface area contributed by atoms with Crippen LogP contribution in [0.1, 0.15) is 5.56 Å². The topological polar surface area (TPSA) is 69.2 Å². The van der Waals surface area contributed by atoms with Crippen LogP contribution in [0.5, 0.6) is 0 Å². The zero-order valence-electron chi connectivity index (χ0n) is 7.97. The van der Waals surface area contributed by atoms with Crippen LogP contribution in [-0.4, -0.2) is 31.9 Å². The largest absolute Gasteiger partial charge is 0.265 e. The summed E-state index contributed by atoms with van der Waals surface area (Å²) in [6.07, 6.45) is 4.07. The molecule has 0 aliphatic carbocycles. The molecule has 1 aromatic heterocycles. The molecule has 0 saturated heterocycles. The number of aromatic nitrogens is 2. The third-order valence-electron chi connectivity index (χ3n) is 1.42. The molecule has 7 heteroatoms. The van der Waals surface area contributed by atoms with Crippen molar-refractivity contribution in [3.8, 4) is 0 Å². The molecule has 75 valence electrons. The summed E-state index contributed by atoms with van der Waals surface area (Å²) in [5.41, 5.74) is 1.23. The molecule has 1 aromatic rings. The fourth-order valence-corrected chi connectivity index (χ4v) is 1.11. The van der Waals surface area contributed by atoms with Crippen molar-refractivity contribution >= 4 is 23.1 Å². The molecule has 0 aromatic carbocycles. The van der Waals surface area contributed by atoms with Gasteiger partial charge in [-0.05, 0) is 0 Å². The van der Waals surface area contributed by atoms with Gasteiger partial charge in [-0.15, -0.1) is 0 Å². The summed E-state index contributed by atoms with van der Waals surface area (Å²) in [5.74, 6) is 0. The summed E-state index contributed by atoms with van der Waals surface area (Å²) in [7, 11) is -1.65. The van der Waals surface area contributed by atoms with E-state index in [1.165, 1.54) is 12.4 Å². The molecule has 0 unspecified atom stereocenters. The van der Waals surface area contributed by atoms with Crippen molar-refractivity contribution in [1.82, 2.24) is 9.97 Å². The minimum absolute atomic E-state index is 0.0250. The van der Waals surface area contributed by atoms with Crippen molar-refractivity contribution in [3.05, 3.63) is 18.0 Å². The highest BCUT2D eigenvalue weighted by Gasteiger charge is 2.03. The van der Waals surface area contributed by atoms with E-state index in [1.54, 1.807) is 7.28 Å². The van der Waals surface area contributed by atoms with Crippen molar-refractivity contribution in [3.63, 3.8) is 0 Å². The van der Waals surface area contributed by atoms with E-state index in [9.17, 15) is 8.42 Å². The highest BCUT2D eigenvalue weighted by Crippen LogP contribution is 1.98. The van der Waals surface area contributed by atoms with Gasteiger partial charge in [0.15, 0.2) is 0 Å². The predicted molar refractivity (Wildman–Crippen MR) is 52.9 cm³/mol. The number of rotatable bonds is 4. The Bertz CT molecular complexity index is 390. The monoisotopic (exact) mass is 213 g/mol. The maximum atomic E-state index is 10.7. The highest BCUT2D eigenvalue weighted by molar-refractivity contribution is 7.85. The Morgan fingerprint density at radius 2 is 2.00 bits per heavy atom. The average Bonchev–Trinajstić information content (AvgIpc) is 2.14. The SMILES string of the molecule is C[B]c1ncc(COS(C)(=O)=O)cn1. The molecule has 0 bridgehead atoms. The van der Waals surface area contributed by atoms with Gasteiger partial charge in [-0.3, -0.25) is 14.2 Å². The Labute approximate surface area is 83.9 Å². The van der Waals surface area contributed by atoms with Crippen LogP contribution in [0, 0.1) is 0 Å². The first-order valence-corrected chi connectivity index (χ1v) is 5.77. The molecule has 0 atom stereocenters. The lowest BCUT2D eigenvalue weighted by atomic mass is 9.81. The third-order valence-corrected chi connectivity index (χ3v) is 1.97. The maximum Gasteiger partial charge on any atom is 0.264 e. The normalized spacial score (nSPS) is 11.3. The zero-order valence-corrected chi connectivity index (χ0v) is 8.78. The summed E-state index contributed by atoms with van der Waals surface area (Å²) in [6, 6.07) is 0. The second-order valence-corrected chi connectivity index (χ2v) is 4.35. The smallest absolute Gasteiger partial charge is 0.264 e. The molecule has 0 N–H and O–H groups in total. The Morgan fingerprint density at radius 3 is 2.43 bits per heavy atom. The first-order chi connectivity index (χ1) is 6.51. The van der Waals surface area contributed by atoms with Crippen LogP contribution in [-0.2, 0) is 20.9 Å². The molecule has 0 aliphatic heterocycles. The van der Waals surface area contributed by atoms with Gasteiger partial charge in [0.25, 0.3) is 10.1 Å². The lowest BCUT2D eigenvalue weighted by Crippen LogP contribution is -2.19. The third kappa shape index (κ3) is 3.84. The first kappa shape index (κ1) is 11.1. The summed E-state index contributed by atoms with van der Waals surface area (Å²) in [6.45, 7) is 1.80. The molecule has 0 amide bonds. The lowest BCUT2D eigenvalue weighted by molar-refractivity contribution is 0.311. The molecular weight excluding hydrogens is 203 g/mol. The summed E-state index contributed by atoms with van der Waals surface area (Å²) in [5, 5.41) is 0. The maximum absolute atomic E-state index is 10.7. The molecule has 1 rings (SSSR count). The second kappa shape index (κ2) is 4.52. The first-order valence-electron chi connectivity index (χ1n) is 3.96. The van der Waals surface area contributed by atoms with Crippen LogP contribution in [0.4, 0.5) is 0 Å². The minimum Gasteiger partial charge on any atom is -0.265 e. The fraction of sp³-hybridized carbons (Fsp3) is 0.429. The Kier molecular flexibility index (Phi) is 3.59. The molecular formula is C7H10BN2O3S.